The average Bonchev–Trinajstić information content (AvgIpc) is 2.47. The van der Waals surface area contributed by atoms with E-state index in [9.17, 15) is 0 Å². The Hall–Kier alpha value is -1.78. The molecule has 4 heteroatoms. The Balaban J connectivity index is 1.99. The van der Waals surface area contributed by atoms with Gasteiger partial charge in [0.25, 0.3) is 0 Å². The highest BCUT2D eigenvalue weighted by Crippen LogP contribution is 2.09. The van der Waals surface area contributed by atoms with Crippen LogP contribution in [0.25, 0.3) is 0 Å². The molecular formula is C15H19N3O. The van der Waals surface area contributed by atoms with Gasteiger partial charge in [0.15, 0.2) is 0 Å². The van der Waals surface area contributed by atoms with Gasteiger partial charge in [0.05, 0.1) is 0 Å². The summed E-state index contributed by atoms with van der Waals surface area (Å²) in [6, 6.07) is 8.07. The predicted molar refractivity (Wildman–Crippen MR) is 74.3 cm³/mol. The lowest BCUT2D eigenvalue weighted by Crippen LogP contribution is -2.24. The number of hydrogen-bond donors (Lipinski definition) is 1. The van der Waals surface area contributed by atoms with Crippen molar-refractivity contribution in [3.05, 3.63) is 60.2 Å². The molecule has 19 heavy (non-hydrogen) atoms. The molecule has 1 N–H and O–H groups in total. The van der Waals surface area contributed by atoms with E-state index in [4.69, 9.17) is 5.11 Å². The molecule has 0 aliphatic heterocycles. The first-order valence-corrected chi connectivity index (χ1v) is 6.49. The maximum absolute atomic E-state index is 9.00. The van der Waals surface area contributed by atoms with E-state index >= 15 is 0 Å². The number of hydrogen-bond acceptors (Lipinski definition) is 4. The Labute approximate surface area is 113 Å². The van der Waals surface area contributed by atoms with Gasteiger partial charge in [0.2, 0.25) is 0 Å². The molecule has 2 rings (SSSR count). The summed E-state index contributed by atoms with van der Waals surface area (Å²) >= 11 is 0. The van der Waals surface area contributed by atoms with Crippen LogP contribution in [0.1, 0.15) is 17.5 Å². The average molecular weight is 257 g/mol. The summed E-state index contributed by atoms with van der Waals surface area (Å²) in [7, 11) is 0. The van der Waals surface area contributed by atoms with E-state index in [0.717, 1.165) is 26.1 Å². The highest BCUT2D eigenvalue weighted by atomic mass is 16.3. The first-order chi connectivity index (χ1) is 9.38. The molecule has 0 unspecified atom stereocenters. The van der Waals surface area contributed by atoms with Crippen molar-refractivity contribution in [2.24, 2.45) is 0 Å². The third kappa shape index (κ3) is 4.77. The summed E-state index contributed by atoms with van der Waals surface area (Å²) in [5, 5.41) is 9.00. The van der Waals surface area contributed by atoms with Gasteiger partial charge in [0, 0.05) is 51.0 Å². The molecule has 0 bridgehead atoms. The quantitative estimate of drug-likeness (QED) is 0.822. The van der Waals surface area contributed by atoms with Crippen molar-refractivity contribution in [2.45, 2.75) is 19.5 Å². The van der Waals surface area contributed by atoms with Gasteiger partial charge in [-0.1, -0.05) is 6.07 Å². The zero-order chi connectivity index (χ0) is 13.3. The number of rotatable bonds is 7. The molecule has 2 heterocycles. The Morgan fingerprint density at radius 3 is 2.42 bits per heavy atom. The number of pyridine rings is 2. The second-order valence-electron chi connectivity index (χ2n) is 4.50. The van der Waals surface area contributed by atoms with Crippen LogP contribution in [0, 0.1) is 0 Å². The summed E-state index contributed by atoms with van der Waals surface area (Å²) < 4.78 is 0. The van der Waals surface area contributed by atoms with Crippen LogP contribution in [0.15, 0.2) is 49.1 Å². The maximum atomic E-state index is 9.00. The molecule has 4 nitrogen and oxygen atoms in total. The minimum Gasteiger partial charge on any atom is -0.396 e. The lowest BCUT2D eigenvalue weighted by atomic mass is 10.2. The Kier molecular flexibility index (Phi) is 5.47. The van der Waals surface area contributed by atoms with Gasteiger partial charge in [-0.05, 0) is 35.7 Å². The van der Waals surface area contributed by atoms with E-state index < -0.39 is 0 Å². The van der Waals surface area contributed by atoms with Crippen LogP contribution in [0.3, 0.4) is 0 Å². The van der Waals surface area contributed by atoms with E-state index in [0.29, 0.717) is 0 Å². The van der Waals surface area contributed by atoms with Gasteiger partial charge >= 0.3 is 0 Å². The van der Waals surface area contributed by atoms with Crippen molar-refractivity contribution in [1.82, 2.24) is 14.9 Å². The molecule has 0 saturated carbocycles. The molecule has 0 aliphatic carbocycles. The summed E-state index contributed by atoms with van der Waals surface area (Å²) in [6.45, 7) is 2.79. The Morgan fingerprint density at radius 2 is 1.74 bits per heavy atom. The van der Waals surface area contributed by atoms with E-state index in [1.54, 1.807) is 6.20 Å². The van der Waals surface area contributed by atoms with Crippen molar-refractivity contribution < 1.29 is 5.11 Å². The molecule has 0 saturated heterocycles. The summed E-state index contributed by atoms with van der Waals surface area (Å²) in [5.41, 5.74) is 2.42. The highest BCUT2D eigenvalue weighted by Gasteiger charge is 2.06. The number of aliphatic hydroxyl groups excluding tert-OH is 1. The monoisotopic (exact) mass is 257 g/mol. The zero-order valence-corrected chi connectivity index (χ0v) is 10.9. The van der Waals surface area contributed by atoms with Crippen LogP contribution < -0.4 is 0 Å². The first-order valence-electron chi connectivity index (χ1n) is 6.49. The van der Waals surface area contributed by atoms with E-state index in [-0.39, 0.29) is 6.61 Å². The third-order valence-electron chi connectivity index (χ3n) is 2.92. The fourth-order valence-electron chi connectivity index (χ4n) is 2.00. The molecule has 0 aromatic carbocycles. The van der Waals surface area contributed by atoms with Gasteiger partial charge in [-0.2, -0.15) is 0 Å². The van der Waals surface area contributed by atoms with Crippen LogP contribution in [0.5, 0.6) is 0 Å². The molecule has 0 radical (unpaired) electrons. The molecule has 0 aliphatic rings. The van der Waals surface area contributed by atoms with Gasteiger partial charge in [-0.15, -0.1) is 0 Å². The number of aliphatic hydroxyl groups is 1. The Bertz CT molecular complexity index is 420. The number of nitrogens with zero attached hydrogens (tertiary/aromatic N) is 3. The van der Waals surface area contributed by atoms with Crippen LogP contribution in [-0.4, -0.2) is 33.1 Å². The normalized spacial score (nSPS) is 10.8. The van der Waals surface area contributed by atoms with Crippen molar-refractivity contribution >= 4 is 0 Å². The minimum atomic E-state index is 0.222. The van der Waals surface area contributed by atoms with Crippen LogP contribution in [0.2, 0.25) is 0 Å². The molecule has 0 amide bonds. The first kappa shape index (κ1) is 13.6. The molecule has 0 spiro atoms. The summed E-state index contributed by atoms with van der Waals surface area (Å²) in [5.74, 6) is 0. The van der Waals surface area contributed by atoms with Crippen molar-refractivity contribution in [3.63, 3.8) is 0 Å². The minimum absolute atomic E-state index is 0.222. The van der Waals surface area contributed by atoms with Gasteiger partial charge < -0.3 is 5.11 Å². The SMILES string of the molecule is OCCCN(Cc1ccncc1)Cc1cccnc1. The fraction of sp³-hybridized carbons (Fsp3) is 0.333. The van der Waals surface area contributed by atoms with Gasteiger partial charge in [0.1, 0.15) is 0 Å². The fourth-order valence-corrected chi connectivity index (χ4v) is 2.00. The second kappa shape index (κ2) is 7.61. The van der Waals surface area contributed by atoms with Crippen LogP contribution in [-0.2, 0) is 13.1 Å². The summed E-state index contributed by atoms with van der Waals surface area (Å²) in [4.78, 5) is 10.5. The topological polar surface area (TPSA) is 49.2 Å². The lowest BCUT2D eigenvalue weighted by Gasteiger charge is -2.22. The molecule has 0 atom stereocenters. The summed E-state index contributed by atoms with van der Waals surface area (Å²) in [6.07, 6.45) is 8.07. The molecular weight excluding hydrogens is 238 g/mol. The predicted octanol–water partition coefficient (Wildman–Crippen LogP) is 1.86. The third-order valence-corrected chi connectivity index (χ3v) is 2.92. The van der Waals surface area contributed by atoms with Crippen LogP contribution >= 0.6 is 0 Å². The van der Waals surface area contributed by atoms with Crippen molar-refractivity contribution in [2.75, 3.05) is 13.2 Å². The largest absolute Gasteiger partial charge is 0.396 e. The van der Waals surface area contributed by atoms with E-state index in [1.807, 2.05) is 36.8 Å². The van der Waals surface area contributed by atoms with Crippen molar-refractivity contribution in [3.8, 4) is 0 Å². The highest BCUT2D eigenvalue weighted by molar-refractivity contribution is 5.11. The van der Waals surface area contributed by atoms with E-state index in [1.165, 1.54) is 11.1 Å². The zero-order valence-electron chi connectivity index (χ0n) is 10.9. The smallest absolute Gasteiger partial charge is 0.0443 e. The number of aromatic nitrogens is 2. The molecule has 100 valence electrons. The maximum Gasteiger partial charge on any atom is 0.0443 e. The van der Waals surface area contributed by atoms with Gasteiger partial charge in [-0.25, -0.2) is 0 Å². The second-order valence-corrected chi connectivity index (χ2v) is 4.50. The van der Waals surface area contributed by atoms with Gasteiger partial charge in [-0.3, -0.25) is 14.9 Å². The molecule has 2 aromatic heterocycles. The molecule has 2 aromatic rings. The lowest BCUT2D eigenvalue weighted by molar-refractivity contribution is 0.212. The van der Waals surface area contributed by atoms with E-state index in [2.05, 4.69) is 20.9 Å². The molecule has 0 fully saturated rings. The van der Waals surface area contributed by atoms with Crippen molar-refractivity contribution in [1.29, 1.82) is 0 Å². The standard InChI is InChI=1S/C15H19N3O/c19-10-2-9-18(12-14-4-7-16-8-5-14)13-15-3-1-6-17-11-15/h1,3-8,11,19H,2,9-10,12-13H2. The Morgan fingerprint density at radius 1 is 0.947 bits per heavy atom. The van der Waals surface area contributed by atoms with Crippen LogP contribution in [0.4, 0.5) is 0 Å².